The van der Waals surface area contributed by atoms with Crippen LogP contribution in [0.2, 0.25) is 10.0 Å². The Morgan fingerprint density at radius 2 is 1.60 bits per heavy atom. The average Bonchev–Trinajstić information content (AvgIpc) is 3.48. The monoisotopic (exact) mass is 631 g/mol. The Balaban J connectivity index is 1.73. The summed E-state index contributed by atoms with van der Waals surface area (Å²) in [4.78, 5) is 28.9. The zero-order valence-electron chi connectivity index (χ0n) is 23.8. The molecule has 11 heteroatoms. The topological polar surface area (TPSA) is 96.0 Å². The average molecular weight is 633 g/mol. The second-order valence-electron chi connectivity index (χ2n) is 10.5. The van der Waals surface area contributed by atoms with Crippen LogP contribution < -0.4 is 14.4 Å². The molecular weight excluding hydrogens is 597 g/mol. The number of nitrogens with zero attached hydrogens (tertiary/aromatic N) is 2. The fourth-order valence-corrected chi connectivity index (χ4v) is 6.68. The molecule has 224 valence electrons. The van der Waals surface area contributed by atoms with Gasteiger partial charge in [-0.2, -0.15) is 0 Å². The van der Waals surface area contributed by atoms with Gasteiger partial charge in [0.05, 0.1) is 17.7 Å². The molecule has 0 saturated heterocycles. The molecule has 1 saturated carbocycles. The molecule has 8 nitrogen and oxygen atoms in total. The Kier molecular flexibility index (Phi) is 10.4. The predicted octanol–water partition coefficient (Wildman–Crippen LogP) is 5.98. The van der Waals surface area contributed by atoms with Gasteiger partial charge < -0.3 is 15.0 Å². The number of sulfonamides is 1. The SMILES string of the molecule is COc1ccc(Cl)cc1N(CC(=O)N(Cc1ccc(Cl)cc1)[C@@H](C)C(=O)NC1CCCC1)S(=O)(=O)c1ccc(C)cc1. The number of amides is 2. The summed E-state index contributed by atoms with van der Waals surface area (Å²) in [5.74, 6) is -0.645. The molecule has 0 heterocycles. The van der Waals surface area contributed by atoms with Crippen molar-refractivity contribution in [3.63, 3.8) is 0 Å². The van der Waals surface area contributed by atoms with Gasteiger partial charge in [0.15, 0.2) is 0 Å². The maximum atomic E-state index is 14.1. The number of methoxy groups -OCH3 is 1. The molecule has 1 atom stereocenters. The van der Waals surface area contributed by atoms with Gasteiger partial charge in [0.25, 0.3) is 10.0 Å². The lowest BCUT2D eigenvalue weighted by Gasteiger charge is -2.33. The quantitative estimate of drug-likeness (QED) is 0.281. The van der Waals surface area contributed by atoms with Crippen LogP contribution in [0.15, 0.2) is 71.6 Å². The van der Waals surface area contributed by atoms with Crippen molar-refractivity contribution in [3.05, 3.63) is 87.9 Å². The molecule has 3 aromatic rings. The maximum Gasteiger partial charge on any atom is 0.264 e. The largest absolute Gasteiger partial charge is 0.495 e. The first kappa shape index (κ1) is 31.7. The zero-order valence-corrected chi connectivity index (χ0v) is 26.2. The minimum absolute atomic E-state index is 0.000736. The molecule has 42 heavy (non-hydrogen) atoms. The van der Waals surface area contributed by atoms with Crippen molar-refractivity contribution >= 4 is 50.7 Å². The van der Waals surface area contributed by atoms with Crippen molar-refractivity contribution in [2.75, 3.05) is 18.0 Å². The number of halogens is 2. The van der Waals surface area contributed by atoms with Gasteiger partial charge in [0.2, 0.25) is 11.8 Å². The van der Waals surface area contributed by atoms with Crippen LogP contribution in [-0.2, 0) is 26.2 Å². The highest BCUT2D eigenvalue weighted by molar-refractivity contribution is 7.92. The van der Waals surface area contributed by atoms with E-state index < -0.39 is 28.5 Å². The minimum Gasteiger partial charge on any atom is -0.495 e. The van der Waals surface area contributed by atoms with Gasteiger partial charge in [-0.3, -0.25) is 13.9 Å². The summed E-state index contributed by atoms with van der Waals surface area (Å²) in [6.07, 6.45) is 3.86. The highest BCUT2D eigenvalue weighted by atomic mass is 35.5. The lowest BCUT2D eigenvalue weighted by atomic mass is 10.1. The van der Waals surface area contributed by atoms with Crippen molar-refractivity contribution < 1.29 is 22.7 Å². The molecule has 0 radical (unpaired) electrons. The number of hydrogen-bond acceptors (Lipinski definition) is 5. The summed E-state index contributed by atoms with van der Waals surface area (Å²) in [6.45, 7) is 2.98. The number of hydrogen-bond donors (Lipinski definition) is 1. The Bertz CT molecular complexity index is 1510. The Morgan fingerprint density at radius 1 is 0.976 bits per heavy atom. The van der Waals surface area contributed by atoms with Crippen LogP contribution in [0.25, 0.3) is 0 Å². The normalized spacial score (nSPS) is 14.3. The van der Waals surface area contributed by atoms with E-state index in [0.29, 0.717) is 5.02 Å². The number of ether oxygens (including phenoxy) is 1. The maximum absolute atomic E-state index is 14.1. The number of rotatable bonds is 11. The Morgan fingerprint density at radius 3 is 2.21 bits per heavy atom. The number of carbonyl (C=O) groups excluding carboxylic acids is 2. The van der Waals surface area contributed by atoms with E-state index in [0.717, 1.165) is 41.1 Å². The second-order valence-corrected chi connectivity index (χ2v) is 13.2. The van der Waals surface area contributed by atoms with E-state index in [4.69, 9.17) is 27.9 Å². The molecule has 2 amide bonds. The van der Waals surface area contributed by atoms with Crippen LogP contribution >= 0.6 is 23.2 Å². The van der Waals surface area contributed by atoms with Crippen molar-refractivity contribution in [2.45, 2.75) is 63.1 Å². The molecule has 1 N–H and O–H groups in total. The fraction of sp³-hybridized carbons (Fsp3) is 0.355. The van der Waals surface area contributed by atoms with Gasteiger partial charge in [-0.15, -0.1) is 0 Å². The molecule has 0 spiro atoms. The summed E-state index contributed by atoms with van der Waals surface area (Å²) in [6, 6.07) is 17.0. The Hall–Kier alpha value is -3.27. The molecular formula is C31H35Cl2N3O5S. The molecule has 0 aliphatic heterocycles. The van der Waals surface area contributed by atoms with Gasteiger partial charge in [-0.05, 0) is 74.7 Å². The molecule has 4 rings (SSSR count). The third-order valence-electron chi connectivity index (χ3n) is 7.43. The number of anilines is 1. The molecule has 0 unspecified atom stereocenters. The van der Waals surface area contributed by atoms with Crippen LogP contribution in [0, 0.1) is 6.92 Å². The third kappa shape index (κ3) is 7.56. The van der Waals surface area contributed by atoms with E-state index in [1.165, 1.54) is 30.2 Å². The molecule has 1 aliphatic carbocycles. The highest BCUT2D eigenvalue weighted by Gasteiger charge is 2.34. The molecule has 1 aliphatic rings. The summed E-state index contributed by atoms with van der Waals surface area (Å²) >= 11 is 12.4. The number of carbonyl (C=O) groups is 2. The fourth-order valence-electron chi connectivity index (χ4n) is 4.97. The van der Waals surface area contributed by atoms with Gasteiger partial charge in [-0.25, -0.2) is 8.42 Å². The van der Waals surface area contributed by atoms with Crippen molar-refractivity contribution in [1.82, 2.24) is 10.2 Å². The van der Waals surface area contributed by atoms with Crippen LogP contribution in [0.3, 0.4) is 0 Å². The number of aryl methyl sites for hydroxylation is 1. The van der Waals surface area contributed by atoms with E-state index in [9.17, 15) is 18.0 Å². The molecule has 1 fully saturated rings. The summed E-state index contributed by atoms with van der Waals surface area (Å²) in [7, 11) is -2.85. The van der Waals surface area contributed by atoms with Crippen LogP contribution in [0.1, 0.15) is 43.7 Å². The van der Waals surface area contributed by atoms with Crippen LogP contribution in [0.4, 0.5) is 5.69 Å². The standard InChI is InChI=1S/C31H35Cl2N3O5S/c1-21-8-15-27(16-9-21)42(39,40)36(28-18-25(33)14-17-29(28)41-3)20-30(37)35(19-23-10-12-24(32)13-11-23)22(2)31(38)34-26-6-4-5-7-26/h8-18,22,26H,4-7,19-20H2,1-3H3,(H,34,38)/t22-/m0/s1. The van der Waals surface area contributed by atoms with Gasteiger partial charge in [-0.1, -0.05) is 65.9 Å². The molecule has 3 aromatic carbocycles. The lowest BCUT2D eigenvalue weighted by Crippen LogP contribution is -2.52. The highest BCUT2D eigenvalue weighted by Crippen LogP contribution is 2.35. The smallest absolute Gasteiger partial charge is 0.264 e. The Labute approximate surface area is 257 Å². The van der Waals surface area contributed by atoms with E-state index in [1.807, 2.05) is 6.92 Å². The van der Waals surface area contributed by atoms with Gasteiger partial charge in [0, 0.05) is 22.6 Å². The number of nitrogens with one attached hydrogen (secondary N) is 1. The molecule has 0 aromatic heterocycles. The van der Waals surface area contributed by atoms with Crippen molar-refractivity contribution in [3.8, 4) is 5.75 Å². The van der Waals surface area contributed by atoms with Gasteiger partial charge >= 0.3 is 0 Å². The van der Waals surface area contributed by atoms with Gasteiger partial charge in [0.1, 0.15) is 18.3 Å². The minimum atomic E-state index is -4.26. The summed E-state index contributed by atoms with van der Waals surface area (Å²) in [5.41, 5.74) is 1.73. The first-order valence-electron chi connectivity index (χ1n) is 13.8. The van der Waals surface area contributed by atoms with E-state index in [2.05, 4.69) is 5.32 Å². The van der Waals surface area contributed by atoms with Crippen LogP contribution in [0.5, 0.6) is 5.75 Å². The van der Waals surface area contributed by atoms with Crippen molar-refractivity contribution in [1.29, 1.82) is 0 Å². The van der Waals surface area contributed by atoms with E-state index in [-0.39, 0.29) is 39.8 Å². The van der Waals surface area contributed by atoms with Crippen molar-refractivity contribution in [2.24, 2.45) is 0 Å². The lowest BCUT2D eigenvalue weighted by molar-refractivity contribution is -0.139. The first-order chi connectivity index (χ1) is 20.0. The summed E-state index contributed by atoms with van der Waals surface area (Å²) in [5, 5.41) is 3.86. The van der Waals surface area contributed by atoms with Crippen LogP contribution in [-0.4, -0.2) is 50.9 Å². The first-order valence-corrected chi connectivity index (χ1v) is 16.0. The van der Waals surface area contributed by atoms with E-state index in [1.54, 1.807) is 55.5 Å². The van der Waals surface area contributed by atoms with E-state index >= 15 is 0 Å². The zero-order chi connectivity index (χ0) is 30.4. The number of benzene rings is 3. The third-order valence-corrected chi connectivity index (χ3v) is 9.69. The second kappa shape index (κ2) is 13.8. The molecule has 0 bridgehead atoms. The predicted molar refractivity (Wildman–Crippen MR) is 166 cm³/mol. The summed E-state index contributed by atoms with van der Waals surface area (Å²) < 4.78 is 34.6.